The number of sulfonamides is 1. The molecule has 3 aromatic carbocycles. The second-order valence-corrected chi connectivity index (χ2v) is 15.0. The van der Waals surface area contributed by atoms with Gasteiger partial charge in [-0.1, -0.05) is 66.2 Å². The van der Waals surface area contributed by atoms with E-state index in [-0.39, 0.29) is 31.0 Å². The van der Waals surface area contributed by atoms with Gasteiger partial charge in [-0.2, -0.15) is 0 Å². The Hall–Kier alpha value is -4.35. The van der Waals surface area contributed by atoms with E-state index >= 15 is 0 Å². The quantitative estimate of drug-likeness (QED) is 0.273. The number of benzene rings is 3. The summed E-state index contributed by atoms with van der Waals surface area (Å²) in [5.74, 6) is -2.75. The van der Waals surface area contributed by atoms with Crippen LogP contribution in [0.5, 0.6) is 5.75 Å². The van der Waals surface area contributed by atoms with Crippen LogP contribution in [-0.4, -0.2) is 55.5 Å². The minimum absolute atomic E-state index is 0.0402. The second kappa shape index (κ2) is 13.4. The Balaban J connectivity index is 1.32. The summed E-state index contributed by atoms with van der Waals surface area (Å²) in [5, 5.41) is 3.36. The number of halogens is 1. The van der Waals surface area contributed by atoms with Crippen molar-refractivity contribution in [2.24, 2.45) is 11.8 Å². The van der Waals surface area contributed by atoms with E-state index in [0.717, 1.165) is 11.1 Å². The lowest BCUT2D eigenvalue weighted by Crippen LogP contribution is -2.53. The fourth-order valence-corrected chi connectivity index (χ4v) is 6.88. The van der Waals surface area contributed by atoms with E-state index in [0.29, 0.717) is 10.8 Å². The molecule has 2 aliphatic rings. The van der Waals surface area contributed by atoms with Crippen LogP contribution in [0.2, 0.25) is 5.02 Å². The Morgan fingerprint density at radius 1 is 1.02 bits per heavy atom. The lowest BCUT2D eigenvalue weighted by molar-refractivity contribution is -0.131. The minimum atomic E-state index is -4.34. The number of rotatable bonds is 10. The smallest absolute Gasteiger partial charge is 0.410 e. The standard InChI is InChI=1S/C35H38ClN3O7S/c1-5-25-19-35(25,32(41)38-47(43,44)28-13-9-12-27(18-28)45-22-23-10-7-6-8-11-23)37-31(40)30-21-39(33(42)46-34(2,3)4)20-29(30)24-14-16-26(36)17-15-24/h5-18,25,29-30H,1,19-22H2,2-4H3,(H,37,40)(H,38,41)/t25-,29+,30-,35-/m1/s1. The molecule has 3 amide bonds. The normalized spacial score (nSPS) is 22.2. The molecule has 1 aliphatic carbocycles. The van der Waals surface area contributed by atoms with Crippen LogP contribution in [-0.2, 0) is 31.0 Å². The molecule has 0 radical (unpaired) electrons. The first-order valence-electron chi connectivity index (χ1n) is 15.2. The molecule has 1 aliphatic heterocycles. The van der Waals surface area contributed by atoms with Gasteiger partial charge in [-0.25, -0.2) is 17.9 Å². The van der Waals surface area contributed by atoms with Crippen LogP contribution in [0.4, 0.5) is 4.79 Å². The first-order valence-corrected chi connectivity index (χ1v) is 17.1. The summed E-state index contributed by atoms with van der Waals surface area (Å²) in [6, 6.07) is 22.2. The topological polar surface area (TPSA) is 131 Å². The average molecular weight is 680 g/mol. The number of hydrogen-bond donors (Lipinski definition) is 2. The van der Waals surface area contributed by atoms with E-state index in [1.807, 2.05) is 30.3 Å². The minimum Gasteiger partial charge on any atom is -0.489 e. The molecule has 1 saturated heterocycles. The summed E-state index contributed by atoms with van der Waals surface area (Å²) in [6.45, 7) is 9.53. The summed E-state index contributed by atoms with van der Waals surface area (Å²) < 4.78 is 40.3. The van der Waals surface area contributed by atoms with Gasteiger partial charge >= 0.3 is 6.09 Å². The van der Waals surface area contributed by atoms with E-state index < -0.39 is 56.8 Å². The van der Waals surface area contributed by atoms with Crippen LogP contribution in [0.3, 0.4) is 0 Å². The number of amides is 3. The van der Waals surface area contributed by atoms with Crippen LogP contribution >= 0.6 is 11.6 Å². The molecule has 47 heavy (non-hydrogen) atoms. The van der Waals surface area contributed by atoms with E-state index in [9.17, 15) is 22.8 Å². The molecule has 0 bridgehead atoms. The van der Waals surface area contributed by atoms with Gasteiger partial charge in [0, 0.05) is 36.0 Å². The molecular formula is C35H38ClN3O7S. The van der Waals surface area contributed by atoms with Gasteiger partial charge in [0.1, 0.15) is 23.5 Å². The number of carbonyl (C=O) groups is 3. The van der Waals surface area contributed by atoms with Crippen molar-refractivity contribution in [2.45, 2.75) is 55.8 Å². The van der Waals surface area contributed by atoms with Crippen LogP contribution < -0.4 is 14.8 Å². The Kier molecular flexibility index (Phi) is 9.70. The zero-order valence-electron chi connectivity index (χ0n) is 26.4. The van der Waals surface area contributed by atoms with Crippen molar-refractivity contribution in [3.63, 3.8) is 0 Å². The molecule has 3 aromatic rings. The van der Waals surface area contributed by atoms with Gasteiger partial charge in [0.25, 0.3) is 15.9 Å². The number of likely N-dealkylation sites (tertiary alicyclic amines) is 1. The van der Waals surface area contributed by atoms with Crippen molar-refractivity contribution in [3.05, 3.63) is 108 Å². The van der Waals surface area contributed by atoms with Gasteiger partial charge in [-0.3, -0.25) is 9.59 Å². The maximum absolute atomic E-state index is 13.9. The molecule has 2 N–H and O–H groups in total. The molecule has 10 nitrogen and oxygen atoms in total. The van der Waals surface area contributed by atoms with Crippen molar-refractivity contribution >= 4 is 39.5 Å². The van der Waals surface area contributed by atoms with Gasteiger partial charge in [0.15, 0.2) is 0 Å². The second-order valence-electron chi connectivity index (χ2n) is 12.8. The fraction of sp³-hybridized carbons (Fsp3) is 0.343. The van der Waals surface area contributed by atoms with Gasteiger partial charge in [0.05, 0.1) is 10.8 Å². The average Bonchev–Trinajstić information content (AvgIpc) is 3.56. The SMILES string of the molecule is C=C[C@@H]1C[C@]1(NC(=O)[C@@H]1CN(C(=O)OC(C)(C)C)C[C@H]1c1ccc(Cl)cc1)C(=O)NS(=O)(=O)c1cccc(OCc2ccccc2)c1. The molecule has 5 rings (SSSR count). The highest BCUT2D eigenvalue weighted by Crippen LogP contribution is 2.46. The molecule has 1 saturated carbocycles. The summed E-state index contributed by atoms with van der Waals surface area (Å²) in [6.07, 6.45) is 1.12. The third-order valence-corrected chi connectivity index (χ3v) is 9.83. The van der Waals surface area contributed by atoms with E-state index in [2.05, 4.69) is 16.6 Å². The molecular weight excluding hydrogens is 642 g/mol. The lowest BCUT2D eigenvalue weighted by atomic mass is 9.88. The fourth-order valence-electron chi connectivity index (χ4n) is 5.68. The number of ether oxygens (including phenoxy) is 2. The number of nitrogens with one attached hydrogen (secondary N) is 2. The Labute approximate surface area is 280 Å². The molecule has 0 aromatic heterocycles. The van der Waals surface area contributed by atoms with E-state index in [4.69, 9.17) is 21.1 Å². The highest BCUT2D eigenvalue weighted by Gasteiger charge is 2.61. The zero-order valence-corrected chi connectivity index (χ0v) is 28.0. The van der Waals surface area contributed by atoms with Gasteiger partial charge < -0.3 is 19.7 Å². The van der Waals surface area contributed by atoms with Crippen molar-refractivity contribution in [2.75, 3.05) is 13.1 Å². The molecule has 0 unspecified atom stereocenters. The summed E-state index contributed by atoms with van der Waals surface area (Å²) in [5.41, 5.74) is -0.575. The van der Waals surface area contributed by atoms with Crippen molar-refractivity contribution < 1.29 is 32.3 Å². The number of hydrogen-bond acceptors (Lipinski definition) is 7. The molecule has 0 spiro atoms. The first-order chi connectivity index (χ1) is 22.2. The molecule has 248 valence electrons. The van der Waals surface area contributed by atoms with Crippen molar-refractivity contribution in [3.8, 4) is 5.75 Å². The van der Waals surface area contributed by atoms with Gasteiger partial charge in [-0.15, -0.1) is 6.58 Å². The largest absolute Gasteiger partial charge is 0.489 e. The third kappa shape index (κ3) is 7.97. The molecule has 12 heteroatoms. The number of nitrogens with zero attached hydrogens (tertiary/aromatic N) is 1. The molecule has 4 atom stereocenters. The summed E-state index contributed by atoms with van der Waals surface area (Å²) in [7, 11) is -4.34. The van der Waals surface area contributed by atoms with Crippen molar-refractivity contribution in [1.29, 1.82) is 0 Å². The summed E-state index contributed by atoms with van der Waals surface area (Å²) >= 11 is 6.10. The third-order valence-electron chi connectivity index (χ3n) is 8.25. The molecule has 2 fully saturated rings. The predicted molar refractivity (Wildman–Crippen MR) is 177 cm³/mol. The predicted octanol–water partition coefficient (Wildman–Crippen LogP) is 5.44. The van der Waals surface area contributed by atoms with Crippen LogP contribution in [0.15, 0.2) is 96.4 Å². The maximum atomic E-state index is 13.9. The van der Waals surface area contributed by atoms with Gasteiger partial charge in [-0.05, 0) is 62.6 Å². The Bertz CT molecular complexity index is 1760. The highest BCUT2D eigenvalue weighted by atomic mass is 35.5. The molecule has 1 heterocycles. The Morgan fingerprint density at radius 2 is 1.72 bits per heavy atom. The van der Waals surface area contributed by atoms with E-state index in [1.165, 1.54) is 29.2 Å². The first kappa shape index (κ1) is 34.0. The van der Waals surface area contributed by atoms with Crippen LogP contribution in [0, 0.1) is 11.8 Å². The lowest BCUT2D eigenvalue weighted by Gasteiger charge is -2.24. The van der Waals surface area contributed by atoms with E-state index in [1.54, 1.807) is 51.1 Å². The summed E-state index contributed by atoms with van der Waals surface area (Å²) in [4.78, 5) is 41.9. The number of carbonyl (C=O) groups excluding carboxylic acids is 3. The van der Waals surface area contributed by atoms with Gasteiger partial charge in [0.2, 0.25) is 5.91 Å². The van der Waals surface area contributed by atoms with Crippen LogP contribution in [0.25, 0.3) is 0 Å². The zero-order chi connectivity index (χ0) is 34.0. The Morgan fingerprint density at radius 3 is 2.36 bits per heavy atom. The van der Waals surface area contributed by atoms with Crippen molar-refractivity contribution in [1.82, 2.24) is 14.9 Å². The maximum Gasteiger partial charge on any atom is 0.410 e. The van der Waals surface area contributed by atoms with Crippen LogP contribution in [0.1, 0.15) is 44.2 Å². The highest BCUT2D eigenvalue weighted by molar-refractivity contribution is 7.90. The monoisotopic (exact) mass is 679 g/mol.